The van der Waals surface area contributed by atoms with Gasteiger partial charge in [-0.15, -0.1) is 0 Å². The summed E-state index contributed by atoms with van der Waals surface area (Å²) in [5.41, 5.74) is 2.66. The van der Waals surface area contributed by atoms with Crippen molar-refractivity contribution in [1.29, 1.82) is 0 Å². The highest BCUT2D eigenvalue weighted by molar-refractivity contribution is 7.97. The topological polar surface area (TPSA) is 12.0 Å². The minimum atomic E-state index is 1.16. The van der Waals surface area contributed by atoms with Crippen molar-refractivity contribution in [1.82, 2.24) is 4.72 Å². The van der Waals surface area contributed by atoms with Crippen molar-refractivity contribution in [3.05, 3.63) is 48.1 Å². The number of allylic oxidation sites excluding steroid dienone is 4. The molecule has 0 heterocycles. The van der Waals surface area contributed by atoms with Crippen molar-refractivity contribution in [2.75, 3.05) is 7.05 Å². The van der Waals surface area contributed by atoms with Gasteiger partial charge in [-0.25, -0.2) is 0 Å². The quantitative estimate of drug-likeness (QED) is 0.779. The third-order valence-electron chi connectivity index (χ3n) is 2.38. The third-order valence-corrected chi connectivity index (χ3v) is 3.08. The van der Waals surface area contributed by atoms with E-state index < -0.39 is 0 Å². The fraction of sp³-hybridized carbons (Fsp3) is 0.333. The van der Waals surface area contributed by atoms with Gasteiger partial charge in [0, 0.05) is 4.90 Å². The smallest absolute Gasteiger partial charge is 0.0234 e. The molecule has 0 spiro atoms. The Balaban J connectivity index is 0.000000686. The third kappa shape index (κ3) is 4.41. The minimum absolute atomic E-state index is 1.16. The lowest BCUT2D eigenvalue weighted by Crippen LogP contribution is -1.91. The van der Waals surface area contributed by atoms with Crippen LogP contribution in [-0.2, 0) is 0 Å². The maximum atomic E-state index is 3.09. The molecule has 2 rings (SSSR count). The van der Waals surface area contributed by atoms with Gasteiger partial charge in [0.15, 0.2) is 0 Å². The van der Waals surface area contributed by atoms with Crippen LogP contribution in [0.15, 0.2) is 47.4 Å². The van der Waals surface area contributed by atoms with Crippen LogP contribution in [0, 0.1) is 0 Å². The second-order valence-electron chi connectivity index (χ2n) is 3.47. The fourth-order valence-electron chi connectivity index (χ4n) is 1.68. The molecule has 0 unspecified atom stereocenters. The van der Waals surface area contributed by atoms with Crippen LogP contribution in [-0.4, -0.2) is 7.05 Å². The van der Waals surface area contributed by atoms with E-state index in [1.165, 1.54) is 22.5 Å². The average molecular weight is 247 g/mol. The highest BCUT2D eigenvalue weighted by Crippen LogP contribution is 2.24. The van der Waals surface area contributed by atoms with Gasteiger partial charge in [-0.05, 0) is 55.1 Å². The first-order valence-electron chi connectivity index (χ1n) is 6.21. The molecule has 0 atom stereocenters. The minimum Gasteiger partial charge on any atom is -0.263 e. The van der Waals surface area contributed by atoms with E-state index in [1.807, 2.05) is 20.9 Å². The molecule has 0 aliphatic heterocycles. The summed E-state index contributed by atoms with van der Waals surface area (Å²) in [6.07, 6.45) is 9.10. The molecule has 0 radical (unpaired) electrons. The first kappa shape index (κ1) is 14.1. The van der Waals surface area contributed by atoms with Crippen molar-refractivity contribution in [2.45, 2.75) is 31.6 Å². The zero-order chi connectivity index (χ0) is 12.5. The Kier molecular flexibility index (Phi) is 6.75. The summed E-state index contributed by atoms with van der Waals surface area (Å²) >= 11 is 1.65. The van der Waals surface area contributed by atoms with Gasteiger partial charge in [-0.2, -0.15) is 0 Å². The van der Waals surface area contributed by atoms with Crippen LogP contribution < -0.4 is 4.72 Å². The van der Waals surface area contributed by atoms with Gasteiger partial charge in [0.25, 0.3) is 0 Å². The van der Waals surface area contributed by atoms with Gasteiger partial charge < -0.3 is 0 Å². The summed E-state index contributed by atoms with van der Waals surface area (Å²) in [5, 5.41) is 0. The first-order chi connectivity index (χ1) is 8.40. The molecule has 0 saturated heterocycles. The van der Waals surface area contributed by atoms with E-state index in [0.717, 1.165) is 6.42 Å². The Morgan fingerprint density at radius 3 is 2.65 bits per heavy atom. The Labute approximate surface area is 109 Å². The molecule has 1 aliphatic rings. The first-order valence-corrected chi connectivity index (χ1v) is 7.02. The lowest BCUT2D eigenvalue weighted by molar-refractivity contribution is 1.04. The highest BCUT2D eigenvalue weighted by atomic mass is 32.2. The monoisotopic (exact) mass is 247 g/mol. The molecule has 17 heavy (non-hydrogen) atoms. The van der Waals surface area contributed by atoms with Crippen LogP contribution in [0.2, 0.25) is 0 Å². The molecular weight excluding hydrogens is 226 g/mol. The standard InChI is InChI=1S/C13H15NS.C2H6/c1-14-15-13-9-5-8-12(10-13)11-6-3-2-4-7-11;1-2/h3,5-10,14H,2,4H2,1H3;1-2H3. The number of hydrogen-bond acceptors (Lipinski definition) is 2. The summed E-state index contributed by atoms with van der Waals surface area (Å²) in [5.74, 6) is 0. The Bertz CT molecular complexity index is 394. The molecule has 1 nitrogen and oxygen atoms in total. The van der Waals surface area contributed by atoms with Gasteiger partial charge in [0.05, 0.1) is 0 Å². The molecule has 92 valence electrons. The molecule has 0 bridgehead atoms. The number of rotatable bonds is 3. The van der Waals surface area contributed by atoms with Gasteiger partial charge >= 0.3 is 0 Å². The van der Waals surface area contributed by atoms with E-state index in [-0.39, 0.29) is 0 Å². The molecule has 0 amide bonds. The van der Waals surface area contributed by atoms with Crippen molar-refractivity contribution < 1.29 is 0 Å². The fourth-order valence-corrected chi connectivity index (χ4v) is 2.25. The molecule has 2 heteroatoms. The lowest BCUT2D eigenvalue weighted by atomic mass is 10.00. The largest absolute Gasteiger partial charge is 0.263 e. The molecule has 0 saturated carbocycles. The normalized spacial score (nSPS) is 13.7. The van der Waals surface area contributed by atoms with E-state index in [9.17, 15) is 0 Å². The molecule has 0 aromatic heterocycles. The van der Waals surface area contributed by atoms with E-state index >= 15 is 0 Å². The summed E-state index contributed by atoms with van der Waals surface area (Å²) in [7, 11) is 1.94. The van der Waals surface area contributed by atoms with Crippen molar-refractivity contribution in [3.63, 3.8) is 0 Å². The predicted molar refractivity (Wildman–Crippen MR) is 79.1 cm³/mol. The maximum absolute atomic E-state index is 3.09. The van der Waals surface area contributed by atoms with Gasteiger partial charge in [-0.1, -0.05) is 44.2 Å². The highest BCUT2D eigenvalue weighted by Gasteiger charge is 2.02. The van der Waals surface area contributed by atoms with Gasteiger partial charge in [-0.3, -0.25) is 4.72 Å². The number of hydrogen-bond donors (Lipinski definition) is 1. The van der Waals surface area contributed by atoms with Crippen LogP contribution in [0.5, 0.6) is 0 Å². The van der Waals surface area contributed by atoms with Gasteiger partial charge in [0.2, 0.25) is 0 Å². The second kappa shape index (κ2) is 8.15. The molecule has 1 aromatic carbocycles. The van der Waals surface area contributed by atoms with E-state index in [2.05, 4.69) is 47.2 Å². The molecule has 1 N–H and O–H groups in total. The zero-order valence-electron chi connectivity index (χ0n) is 10.9. The maximum Gasteiger partial charge on any atom is 0.0234 e. The zero-order valence-corrected chi connectivity index (χ0v) is 11.7. The van der Waals surface area contributed by atoms with E-state index in [4.69, 9.17) is 0 Å². The lowest BCUT2D eigenvalue weighted by Gasteiger charge is -2.08. The Morgan fingerprint density at radius 2 is 2.00 bits per heavy atom. The Morgan fingerprint density at radius 1 is 1.18 bits per heavy atom. The second-order valence-corrected chi connectivity index (χ2v) is 4.56. The number of benzene rings is 1. The summed E-state index contributed by atoms with van der Waals surface area (Å²) in [6.45, 7) is 4.00. The average Bonchev–Trinajstić information content (AvgIpc) is 2.43. The van der Waals surface area contributed by atoms with Crippen molar-refractivity contribution >= 4 is 17.5 Å². The van der Waals surface area contributed by atoms with E-state index in [1.54, 1.807) is 11.9 Å². The number of nitrogens with one attached hydrogen (secondary N) is 1. The SMILES string of the molecule is CC.CNSc1cccc(C2=CCCC=C2)c1. The van der Waals surface area contributed by atoms with Crippen LogP contribution in [0.25, 0.3) is 5.57 Å². The molecule has 1 aromatic rings. The van der Waals surface area contributed by atoms with Crippen LogP contribution in [0.4, 0.5) is 0 Å². The van der Waals surface area contributed by atoms with Crippen LogP contribution in [0.3, 0.4) is 0 Å². The predicted octanol–water partition coefficient (Wildman–Crippen LogP) is 4.67. The van der Waals surface area contributed by atoms with E-state index in [0.29, 0.717) is 0 Å². The summed E-state index contributed by atoms with van der Waals surface area (Å²) in [4.78, 5) is 1.26. The van der Waals surface area contributed by atoms with Crippen LogP contribution >= 0.6 is 11.9 Å². The van der Waals surface area contributed by atoms with Crippen LogP contribution in [0.1, 0.15) is 32.3 Å². The summed E-state index contributed by atoms with van der Waals surface area (Å²) in [6, 6.07) is 8.62. The van der Waals surface area contributed by atoms with Gasteiger partial charge in [0.1, 0.15) is 0 Å². The molecule has 0 fully saturated rings. The van der Waals surface area contributed by atoms with Crippen molar-refractivity contribution in [3.8, 4) is 0 Å². The Hall–Kier alpha value is -0.990. The summed E-state index contributed by atoms with van der Waals surface area (Å²) < 4.78 is 3.09. The molecular formula is C15H21NS. The molecule has 1 aliphatic carbocycles. The van der Waals surface area contributed by atoms with Crippen molar-refractivity contribution in [2.24, 2.45) is 0 Å².